The van der Waals surface area contributed by atoms with Crippen LogP contribution in [0.4, 0.5) is 11.4 Å². The van der Waals surface area contributed by atoms with Crippen LogP contribution in [0.25, 0.3) is 0 Å². The summed E-state index contributed by atoms with van der Waals surface area (Å²) >= 11 is 0. The zero-order chi connectivity index (χ0) is 18.5. The molecule has 2 aromatic rings. The van der Waals surface area contributed by atoms with Crippen LogP contribution in [0.3, 0.4) is 0 Å². The Morgan fingerprint density at radius 1 is 1.08 bits per heavy atom. The molecule has 0 aromatic heterocycles. The molecule has 1 fully saturated rings. The van der Waals surface area contributed by atoms with Crippen LogP contribution in [0.2, 0.25) is 0 Å². The van der Waals surface area contributed by atoms with E-state index >= 15 is 0 Å². The first-order chi connectivity index (χ1) is 12.6. The molecule has 1 aliphatic heterocycles. The lowest BCUT2D eigenvalue weighted by molar-refractivity contribution is -0.120. The van der Waals surface area contributed by atoms with Gasteiger partial charge in [0.15, 0.2) is 0 Å². The van der Waals surface area contributed by atoms with Gasteiger partial charge >= 0.3 is 5.97 Å². The highest BCUT2D eigenvalue weighted by Crippen LogP contribution is 2.25. The van der Waals surface area contributed by atoms with Crippen LogP contribution >= 0.6 is 0 Å². The van der Waals surface area contributed by atoms with Crippen molar-refractivity contribution in [2.45, 2.75) is 19.8 Å². The van der Waals surface area contributed by atoms with E-state index in [-0.39, 0.29) is 11.8 Å². The lowest BCUT2D eigenvalue weighted by Crippen LogP contribution is -2.38. The molecule has 1 aliphatic rings. The normalized spacial score (nSPS) is 14.8. The van der Waals surface area contributed by atoms with Crippen molar-refractivity contribution < 1.29 is 14.3 Å². The number of methoxy groups -OCH3 is 1. The monoisotopic (exact) mass is 352 g/mol. The summed E-state index contributed by atoms with van der Waals surface area (Å²) in [4.78, 5) is 26.5. The number of piperidine rings is 1. The fraction of sp³-hybridized carbons (Fsp3) is 0.333. The van der Waals surface area contributed by atoms with Crippen molar-refractivity contribution in [3.8, 4) is 0 Å². The van der Waals surface area contributed by atoms with Gasteiger partial charge in [-0.25, -0.2) is 4.79 Å². The van der Waals surface area contributed by atoms with Gasteiger partial charge in [0.2, 0.25) is 5.91 Å². The molecule has 2 aromatic carbocycles. The number of amides is 1. The fourth-order valence-corrected chi connectivity index (χ4v) is 3.24. The molecule has 0 saturated carbocycles. The van der Waals surface area contributed by atoms with Gasteiger partial charge in [0.1, 0.15) is 0 Å². The van der Waals surface area contributed by atoms with Crippen LogP contribution in [0.1, 0.15) is 28.8 Å². The molecule has 1 N–H and O–H groups in total. The first-order valence-electron chi connectivity index (χ1n) is 8.87. The highest BCUT2D eigenvalue weighted by atomic mass is 16.5. The van der Waals surface area contributed by atoms with Gasteiger partial charge < -0.3 is 15.0 Å². The quantitative estimate of drug-likeness (QED) is 0.854. The van der Waals surface area contributed by atoms with E-state index in [0.29, 0.717) is 11.3 Å². The van der Waals surface area contributed by atoms with Gasteiger partial charge in [0.05, 0.1) is 12.7 Å². The highest BCUT2D eigenvalue weighted by Gasteiger charge is 2.25. The minimum absolute atomic E-state index is 0.00979. The van der Waals surface area contributed by atoms with E-state index in [0.717, 1.165) is 25.9 Å². The molecule has 0 spiro atoms. The van der Waals surface area contributed by atoms with Crippen LogP contribution in [-0.2, 0) is 9.53 Å². The van der Waals surface area contributed by atoms with Crippen molar-refractivity contribution in [3.63, 3.8) is 0 Å². The van der Waals surface area contributed by atoms with Gasteiger partial charge in [-0.3, -0.25) is 4.79 Å². The Hall–Kier alpha value is -2.82. The molecule has 0 unspecified atom stereocenters. The van der Waals surface area contributed by atoms with Crippen molar-refractivity contribution in [1.82, 2.24) is 0 Å². The second-order valence-corrected chi connectivity index (χ2v) is 6.66. The molecule has 5 nitrogen and oxygen atoms in total. The average molecular weight is 352 g/mol. The third-order valence-corrected chi connectivity index (χ3v) is 4.82. The number of hydrogen-bond donors (Lipinski definition) is 1. The van der Waals surface area contributed by atoms with E-state index in [1.54, 1.807) is 24.3 Å². The molecule has 136 valence electrons. The molecule has 1 amide bonds. The number of carbonyl (C=O) groups excluding carboxylic acids is 2. The lowest BCUT2D eigenvalue weighted by atomic mass is 9.95. The van der Waals surface area contributed by atoms with Crippen LogP contribution < -0.4 is 10.2 Å². The number of aryl methyl sites for hydroxylation is 1. The second kappa shape index (κ2) is 8.04. The number of hydrogen-bond acceptors (Lipinski definition) is 4. The molecular weight excluding hydrogens is 328 g/mol. The van der Waals surface area contributed by atoms with E-state index < -0.39 is 5.97 Å². The summed E-state index contributed by atoms with van der Waals surface area (Å²) in [5.74, 6) is -0.415. The number of carbonyl (C=O) groups is 2. The standard InChI is InChI=1S/C21H24N2O3/c1-15-6-8-19(9-7-15)23-12-10-16(11-13-23)20(24)22-18-5-3-4-17(14-18)21(25)26-2/h3-9,14,16H,10-13H2,1-2H3,(H,22,24). The number of nitrogens with zero attached hydrogens (tertiary/aromatic N) is 1. The lowest BCUT2D eigenvalue weighted by Gasteiger charge is -2.33. The summed E-state index contributed by atoms with van der Waals surface area (Å²) in [6.45, 7) is 3.81. The number of ether oxygens (including phenoxy) is 1. The Morgan fingerprint density at radius 3 is 2.42 bits per heavy atom. The Kier molecular flexibility index (Phi) is 5.56. The molecule has 1 heterocycles. The average Bonchev–Trinajstić information content (AvgIpc) is 2.68. The Bertz CT molecular complexity index is 778. The van der Waals surface area contributed by atoms with Gasteiger partial charge in [-0.15, -0.1) is 0 Å². The van der Waals surface area contributed by atoms with E-state index in [1.807, 2.05) is 0 Å². The van der Waals surface area contributed by atoms with Gasteiger partial charge in [0, 0.05) is 30.4 Å². The summed E-state index contributed by atoms with van der Waals surface area (Å²) in [6, 6.07) is 15.3. The summed E-state index contributed by atoms with van der Waals surface area (Å²) < 4.78 is 4.72. The molecule has 3 rings (SSSR count). The van der Waals surface area contributed by atoms with E-state index in [1.165, 1.54) is 18.4 Å². The van der Waals surface area contributed by atoms with Gasteiger partial charge in [-0.1, -0.05) is 23.8 Å². The second-order valence-electron chi connectivity index (χ2n) is 6.66. The maximum atomic E-state index is 12.6. The molecule has 0 radical (unpaired) electrons. The number of anilines is 2. The Morgan fingerprint density at radius 2 is 1.77 bits per heavy atom. The molecule has 26 heavy (non-hydrogen) atoms. The zero-order valence-electron chi connectivity index (χ0n) is 15.2. The minimum atomic E-state index is -0.410. The predicted octanol–water partition coefficient (Wildman–Crippen LogP) is 3.64. The summed E-state index contributed by atoms with van der Waals surface area (Å²) in [5.41, 5.74) is 3.51. The smallest absolute Gasteiger partial charge is 0.337 e. The van der Waals surface area contributed by atoms with Gasteiger partial charge in [-0.05, 0) is 50.1 Å². The largest absolute Gasteiger partial charge is 0.465 e. The van der Waals surface area contributed by atoms with Crippen LogP contribution in [-0.4, -0.2) is 32.1 Å². The number of nitrogens with one attached hydrogen (secondary N) is 1. The number of rotatable bonds is 4. The van der Waals surface area contributed by atoms with Crippen molar-refractivity contribution in [3.05, 3.63) is 59.7 Å². The van der Waals surface area contributed by atoms with E-state index in [9.17, 15) is 9.59 Å². The van der Waals surface area contributed by atoms with Gasteiger partial charge in [0.25, 0.3) is 0 Å². The molecule has 0 aliphatic carbocycles. The molecule has 0 bridgehead atoms. The van der Waals surface area contributed by atoms with Crippen molar-refractivity contribution in [2.75, 3.05) is 30.4 Å². The van der Waals surface area contributed by atoms with Crippen molar-refractivity contribution in [1.29, 1.82) is 0 Å². The zero-order valence-corrected chi connectivity index (χ0v) is 15.2. The molecular formula is C21H24N2O3. The predicted molar refractivity (Wildman–Crippen MR) is 103 cm³/mol. The molecule has 5 heteroatoms. The van der Waals surface area contributed by atoms with Crippen LogP contribution in [0.15, 0.2) is 48.5 Å². The fourth-order valence-electron chi connectivity index (χ4n) is 3.24. The Labute approximate surface area is 154 Å². The number of esters is 1. The SMILES string of the molecule is COC(=O)c1cccc(NC(=O)C2CCN(c3ccc(C)cc3)CC2)c1. The highest BCUT2D eigenvalue weighted by molar-refractivity contribution is 5.95. The van der Waals surface area contributed by atoms with Crippen LogP contribution in [0, 0.1) is 12.8 Å². The van der Waals surface area contributed by atoms with E-state index in [4.69, 9.17) is 4.74 Å². The van der Waals surface area contributed by atoms with Crippen molar-refractivity contribution in [2.24, 2.45) is 5.92 Å². The maximum Gasteiger partial charge on any atom is 0.337 e. The van der Waals surface area contributed by atoms with E-state index in [2.05, 4.69) is 41.4 Å². The first-order valence-corrected chi connectivity index (χ1v) is 8.87. The third-order valence-electron chi connectivity index (χ3n) is 4.82. The van der Waals surface area contributed by atoms with Gasteiger partial charge in [-0.2, -0.15) is 0 Å². The minimum Gasteiger partial charge on any atom is -0.465 e. The first kappa shape index (κ1) is 18.0. The maximum absolute atomic E-state index is 12.6. The summed E-state index contributed by atoms with van der Waals surface area (Å²) in [6.07, 6.45) is 1.63. The number of benzene rings is 2. The molecule has 1 saturated heterocycles. The topological polar surface area (TPSA) is 58.6 Å². The van der Waals surface area contributed by atoms with Crippen LogP contribution in [0.5, 0.6) is 0 Å². The summed E-state index contributed by atoms with van der Waals surface area (Å²) in [7, 11) is 1.34. The molecule has 0 atom stereocenters. The van der Waals surface area contributed by atoms with Crippen molar-refractivity contribution >= 4 is 23.3 Å². The third kappa shape index (κ3) is 4.23. The summed E-state index contributed by atoms with van der Waals surface area (Å²) in [5, 5.41) is 2.93. The Balaban J connectivity index is 1.57.